The van der Waals surface area contributed by atoms with Crippen molar-refractivity contribution >= 4 is 27.4 Å². The van der Waals surface area contributed by atoms with Crippen LogP contribution in [0.1, 0.15) is 11.1 Å². The maximum Gasteiger partial charge on any atom is 0.191 e. The smallest absolute Gasteiger partial charge is 0.191 e. The van der Waals surface area contributed by atoms with Gasteiger partial charge in [0.15, 0.2) is 15.8 Å². The van der Waals surface area contributed by atoms with E-state index < -0.39 is 9.84 Å². The molecule has 0 amide bonds. The van der Waals surface area contributed by atoms with Gasteiger partial charge < -0.3 is 15.4 Å². The Balaban J connectivity index is 1.80. The fraction of sp³-hybridized carbons (Fsp3) is 0.316. The van der Waals surface area contributed by atoms with E-state index in [2.05, 4.69) is 15.6 Å². The molecule has 146 valence electrons. The summed E-state index contributed by atoms with van der Waals surface area (Å²) < 4.78 is 29.0. The molecular weight excluding hydrogens is 386 g/mol. The number of nitrogens with zero attached hydrogens (tertiary/aromatic N) is 1. The number of hydrogen-bond acceptors (Lipinski definition) is 4. The molecule has 2 N–H and O–H groups in total. The topological polar surface area (TPSA) is 79.8 Å². The molecule has 8 heteroatoms. The highest BCUT2D eigenvalue weighted by atomic mass is 35.5. The van der Waals surface area contributed by atoms with Crippen molar-refractivity contribution in [1.82, 2.24) is 10.6 Å². The van der Waals surface area contributed by atoms with Crippen LogP contribution >= 0.6 is 11.6 Å². The van der Waals surface area contributed by atoms with Crippen molar-refractivity contribution in [2.24, 2.45) is 4.99 Å². The molecule has 0 atom stereocenters. The number of halogens is 1. The first-order valence-corrected chi connectivity index (χ1v) is 10.7. The lowest BCUT2D eigenvalue weighted by Crippen LogP contribution is -2.38. The SMILES string of the molecule is CN=C(NCCOc1ccc(Cl)cc1)NCc1ccc(S(C)(=O)=O)c(C)c1. The van der Waals surface area contributed by atoms with Gasteiger partial charge in [-0.05, 0) is 48.4 Å². The summed E-state index contributed by atoms with van der Waals surface area (Å²) in [7, 11) is -1.52. The van der Waals surface area contributed by atoms with Crippen LogP contribution in [-0.4, -0.2) is 40.8 Å². The molecule has 27 heavy (non-hydrogen) atoms. The van der Waals surface area contributed by atoms with Crippen LogP contribution in [0.15, 0.2) is 52.4 Å². The zero-order valence-corrected chi connectivity index (χ0v) is 17.2. The molecule has 0 aliphatic heterocycles. The molecule has 0 bridgehead atoms. The van der Waals surface area contributed by atoms with E-state index in [0.29, 0.717) is 35.6 Å². The van der Waals surface area contributed by atoms with Gasteiger partial charge in [0.25, 0.3) is 0 Å². The van der Waals surface area contributed by atoms with Crippen molar-refractivity contribution in [3.8, 4) is 5.75 Å². The molecule has 0 spiro atoms. The summed E-state index contributed by atoms with van der Waals surface area (Å²) in [5.41, 5.74) is 1.70. The van der Waals surface area contributed by atoms with Crippen molar-refractivity contribution < 1.29 is 13.2 Å². The minimum absolute atomic E-state index is 0.355. The van der Waals surface area contributed by atoms with Crippen LogP contribution in [0.5, 0.6) is 5.75 Å². The molecule has 6 nitrogen and oxygen atoms in total. The Hall–Kier alpha value is -2.25. The first-order chi connectivity index (χ1) is 12.8. The van der Waals surface area contributed by atoms with Crippen LogP contribution in [0.2, 0.25) is 5.02 Å². The first kappa shape index (κ1) is 21.1. The maximum atomic E-state index is 11.7. The largest absolute Gasteiger partial charge is 0.492 e. The molecule has 0 aromatic heterocycles. The van der Waals surface area contributed by atoms with Gasteiger partial charge in [-0.1, -0.05) is 23.7 Å². The average molecular weight is 410 g/mol. The standard InChI is InChI=1S/C19H24ClN3O3S/c1-14-12-15(4-9-18(14)27(3,24)25)13-23-19(21-2)22-10-11-26-17-7-5-16(20)6-8-17/h4-9,12H,10-11,13H2,1-3H3,(H2,21,22,23). The van der Waals surface area contributed by atoms with Crippen molar-refractivity contribution in [3.63, 3.8) is 0 Å². The predicted octanol–water partition coefficient (Wildman–Crippen LogP) is 2.80. The van der Waals surface area contributed by atoms with E-state index in [1.807, 2.05) is 18.2 Å². The van der Waals surface area contributed by atoms with E-state index in [9.17, 15) is 8.42 Å². The number of nitrogens with one attached hydrogen (secondary N) is 2. The third-order valence-electron chi connectivity index (χ3n) is 3.80. The zero-order valence-electron chi connectivity index (χ0n) is 15.6. The fourth-order valence-corrected chi connectivity index (χ4v) is 3.60. The normalized spacial score (nSPS) is 11.9. The minimum atomic E-state index is -3.20. The van der Waals surface area contributed by atoms with Gasteiger partial charge in [-0.25, -0.2) is 8.42 Å². The van der Waals surface area contributed by atoms with Crippen LogP contribution in [0, 0.1) is 6.92 Å². The minimum Gasteiger partial charge on any atom is -0.492 e. The van der Waals surface area contributed by atoms with E-state index >= 15 is 0 Å². The predicted molar refractivity (Wildman–Crippen MR) is 109 cm³/mol. The molecule has 0 fully saturated rings. The molecule has 2 aromatic carbocycles. The Morgan fingerprint density at radius 2 is 1.85 bits per heavy atom. The Kier molecular flexibility index (Phi) is 7.50. The summed E-state index contributed by atoms with van der Waals surface area (Å²) in [5, 5.41) is 7.03. The molecule has 0 aliphatic carbocycles. The van der Waals surface area contributed by atoms with Crippen LogP contribution < -0.4 is 15.4 Å². The van der Waals surface area contributed by atoms with E-state index in [0.717, 1.165) is 16.9 Å². The number of rotatable bonds is 7. The second-order valence-corrected chi connectivity index (χ2v) is 8.45. The lowest BCUT2D eigenvalue weighted by atomic mass is 10.1. The van der Waals surface area contributed by atoms with Crippen molar-refractivity contribution in [2.45, 2.75) is 18.4 Å². The van der Waals surface area contributed by atoms with Crippen molar-refractivity contribution in [3.05, 3.63) is 58.6 Å². The number of aryl methyl sites for hydroxylation is 1. The molecular formula is C19H24ClN3O3S. The number of aliphatic imine (C=N–C) groups is 1. The Morgan fingerprint density at radius 1 is 1.15 bits per heavy atom. The third kappa shape index (κ3) is 6.77. The van der Waals surface area contributed by atoms with E-state index in [4.69, 9.17) is 16.3 Å². The summed E-state index contributed by atoms with van der Waals surface area (Å²) in [6.07, 6.45) is 1.21. The first-order valence-electron chi connectivity index (χ1n) is 8.42. The highest BCUT2D eigenvalue weighted by Gasteiger charge is 2.10. The van der Waals surface area contributed by atoms with Crippen LogP contribution in [0.3, 0.4) is 0 Å². The molecule has 0 saturated carbocycles. The summed E-state index contributed by atoms with van der Waals surface area (Å²) in [5.74, 6) is 1.39. The third-order valence-corrected chi connectivity index (χ3v) is 5.31. The second kappa shape index (κ2) is 9.62. The fourth-order valence-electron chi connectivity index (χ4n) is 2.51. The van der Waals surface area contributed by atoms with Crippen molar-refractivity contribution in [1.29, 1.82) is 0 Å². The maximum absolute atomic E-state index is 11.7. The number of sulfone groups is 1. The molecule has 2 rings (SSSR count). The molecule has 0 radical (unpaired) electrons. The molecule has 0 saturated heterocycles. The van der Waals surface area contributed by atoms with E-state index in [1.54, 1.807) is 38.2 Å². The Morgan fingerprint density at radius 3 is 2.44 bits per heavy atom. The lowest BCUT2D eigenvalue weighted by Gasteiger charge is -2.13. The van der Waals surface area contributed by atoms with Gasteiger partial charge in [-0.2, -0.15) is 0 Å². The van der Waals surface area contributed by atoms with Crippen molar-refractivity contribution in [2.75, 3.05) is 26.5 Å². The monoisotopic (exact) mass is 409 g/mol. The van der Waals surface area contributed by atoms with Crippen LogP contribution in [0.4, 0.5) is 0 Å². The summed E-state index contributed by atoms with van der Waals surface area (Å²) in [6, 6.07) is 12.5. The molecule has 0 heterocycles. The Bertz CT molecular complexity index is 897. The molecule has 0 aliphatic rings. The van der Waals surface area contributed by atoms with Gasteiger partial charge in [-0.3, -0.25) is 4.99 Å². The summed E-state index contributed by atoms with van der Waals surface area (Å²) >= 11 is 5.84. The van der Waals surface area contributed by atoms with Gasteiger partial charge >= 0.3 is 0 Å². The van der Waals surface area contributed by atoms with E-state index in [1.165, 1.54) is 6.26 Å². The average Bonchev–Trinajstić information content (AvgIpc) is 2.61. The highest BCUT2D eigenvalue weighted by Crippen LogP contribution is 2.17. The number of ether oxygens (including phenoxy) is 1. The van der Waals surface area contributed by atoms with Gasteiger partial charge in [0.05, 0.1) is 11.4 Å². The quantitative estimate of drug-likeness (QED) is 0.417. The molecule has 2 aromatic rings. The summed E-state index contributed by atoms with van der Waals surface area (Å²) in [4.78, 5) is 4.52. The van der Waals surface area contributed by atoms with E-state index in [-0.39, 0.29) is 0 Å². The van der Waals surface area contributed by atoms with Gasteiger partial charge in [0, 0.05) is 24.9 Å². The van der Waals surface area contributed by atoms with Gasteiger partial charge in [-0.15, -0.1) is 0 Å². The van der Waals surface area contributed by atoms with Crippen LogP contribution in [-0.2, 0) is 16.4 Å². The summed E-state index contributed by atoms with van der Waals surface area (Å²) in [6.45, 7) is 3.38. The Labute approximate surface area is 165 Å². The van der Waals surface area contributed by atoms with Crippen LogP contribution in [0.25, 0.3) is 0 Å². The lowest BCUT2D eigenvalue weighted by molar-refractivity contribution is 0.322. The highest BCUT2D eigenvalue weighted by molar-refractivity contribution is 7.90. The number of benzene rings is 2. The number of hydrogen-bond donors (Lipinski definition) is 2. The molecule has 0 unspecified atom stereocenters. The van der Waals surface area contributed by atoms with Gasteiger partial charge in [0.1, 0.15) is 12.4 Å². The second-order valence-electron chi connectivity index (χ2n) is 6.03. The number of guanidine groups is 1. The van der Waals surface area contributed by atoms with Gasteiger partial charge in [0.2, 0.25) is 0 Å². The zero-order chi connectivity index (χ0) is 19.9.